The van der Waals surface area contributed by atoms with Crippen LogP contribution in [0.25, 0.3) is 0 Å². The SMILES string of the molecule is C[C@@H](NCC(=O)N1c2ccccc2NC(=O)C1(C)C)c1ccccc1Cl. The summed E-state index contributed by atoms with van der Waals surface area (Å²) in [7, 11) is 0. The number of hydrogen-bond donors (Lipinski definition) is 2. The molecule has 1 aliphatic rings. The van der Waals surface area contributed by atoms with Crippen molar-refractivity contribution in [2.24, 2.45) is 0 Å². The van der Waals surface area contributed by atoms with Gasteiger partial charge in [-0.15, -0.1) is 0 Å². The van der Waals surface area contributed by atoms with Crippen LogP contribution < -0.4 is 15.5 Å². The molecule has 2 aromatic rings. The smallest absolute Gasteiger partial charge is 0.250 e. The Morgan fingerprint density at radius 3 is 2.58 bits per heavy atom. The first-order valence-corrected chi connectivity index (χ1v) is 8.91. The molecule has 0 fully saturated rings. The highest BCUT2D eigenvalue weighted by molar-refractivity contribution is 6.31. The number of halogens is 1. The third-order valence-electron chi connectivity index (χ3n) is 4.69. The predicted octanol–water partition coefficient (Wildman–Crippen LogP) is 3.75. The molecule has 2 amide bonds. The summed E-state index contributed by atoms with van der Waals surface area (Å²) in [4.78, 5) is 27.0. The second kappa shape index (κ2) is 7.09. The highest BCUT2D eigenvalue weighted by Gasteiger charge is 2.43. The minimum absolute atomic E-state index is 0.0929. The van der Waals surface area contributed by atoms with Crippen molar-refractivity contribution in [2.45, 2.75) is 32.4 Å². The Hall–Kier alpha value is -2.37. The Labute approximate surface area is 158 Å². The molecule has 26 heavy (non-hydrogen) atoms. The van der Waals surface area contributed by atoms with Crippen molar-refractivity contribution in [1.29, 1.82) is 0 Å². The molecule has 3 rings (SSSR count). The molecule has 0 aliphatic carbocycles. The van der Waals surface area contributed by atoms with Crippen LogP contribution in [-0.2, 0) is 9.59 Å². The summed E-state index contributed by atoms with van der Waals surface area (Å²) in [5, 5.41) is 6.73. The van der Waals surface area contributed by atoms with E-state index in [1.807, 2.05) is 49.4 Å². The maximum atomic E-state index is 13.0. The van der Waals surface area contributed by atoms with Gasteiger partial charge in [0.2, 0.25) is 11.8 Å². The summed E-state index contributed by atoms with van der Waals surface area (Å²) in [5.74, 6) is -0.375. The van der Waals surface area contributed by atoms with Crippen LogP contribution in [0.4, 0.5) is 11.4 Å². The van der Waals surface area contributed by atoms with Crippen molar-refractivity contribution < 1.29 is 9.59 Å². The number of hydrogen-bond acceptors (Lipinski definition) is 3. The minimum atomic E-state index is -0.971. The van der Waals surface area contributed by atoms with Crippen molar-refractivity contribution in [3.05, 3.63) is 59.1 Å². The Morgan fingerprint density at radius 2 is 1.85 bits per heavy atom. The zero-order valence-electron chi connectivity index (χ0n) is 15.0. The third kappa shape index (κ3) is 3.32. The Kier molecular flexibility index (Phi) is 5.03. The highest BCUT2D eigenvalue weighted by atomic mass is 35.5. The summed E-state index contributed by atoms with van der Waals surface area (Å²) in [5.41, 5.74) is 1.30. The molecule has 0 unspecified atom stereocenters. The number of amides is 2. The molecule has 1 atom stereocenters. The lowest BCUT2D eigenvalue weighted by Crippen LogP contribution is -2.60. The third-order valence-corrected chi connectivity index (χ3v) is 5.03. The lowest BCUT2D eigenvalue weighted by Gasteiger charge is -2.42. The van der Waals surface area contributed by atoms with Gasteiger partial charge in [-0.05, 0) is 44.5 Å². The van der Waals surface area contributed by atoms with E-state index < -0.39 is 5.54 Å². The van der Waals surface area contributed by atoms with Gasteiger partial charge in [-0.1, -0.05) is 41.9 Å². The fourth-order valence-electron chi connectivity index (χ4n) is 3.15. The number of rotatable bonds is 4. The van der Waals surface area contributed by atoms with Gasteiger partial charge in [-0.2, -0.15) is 0 Å². The molecule has 0 radical (unpaired) electrons. The molecule has 0 saturated heterocycles. The van der Waals surface area contributed by atoms with E-state index in [2.05, 4.69) is 10.6 Å². The highest BCUT2D eigenvalue weighted by Crippen LogP contribution is 2.36. The summed E-state index contributed by atoms with van der Waals surface area (Å²) in [6.45, 7) is 5.54. The van der Waals surface area contributed by atoms with Crippen LogP contribution in [0.15, 0.2) is 48.5 Å². The summed E-state index contributed by atoms with van der Waals surface area (Å²) >= 11 is 6.23. The number of carbonyl (C=O) groups is 2. The quantitative estimate of drug-likeness (QED) is 0.860. The van der Waals surface area contributed by atoms with Gasteiger partial charge >= 0.3 is 0 Å². The van der Waals surface area contributed by atoms with Crippen molar-refractivity contribution in [1.82, 2.24) is 5.32 Å². The molecule has 1 aliphatic heterocycles. The van der Waals surface area contributed by atoms with Crippen molar-refractivity contribution in [3.63, 3.8) is 0 Å². The van der Waals surface area contributed by atoms with Gasteiger partial charge < -0.3 is 10.6 Å². The lowest BCUT2D eigenvalue weighted by molar-refractivity contribution is -0.126. The molecule has 0 aromatic heterocycles. The van der Waals surface area contributed by atoms with Gasteiger partial charge in [0.1, 0.15) is 5.54 Å². The fourth-order valence-corrected chi connectivity index (χ4v) is 3.45. The Bertz CT molecular complexity index is 850. The van der Waals surface area contributed by atoms with Gasteiger partial charge in [-0.25, -0.2) is 0 Å². The Balaban J connectivity index is 1.80. The lowest BCUT2D eigenvalue weighted by atomic mass is 9.96. The number of fused-ring (bicyclic) bond motifs is 1. The first-order chi connectivity index (χ1) is 12.3. The molecule has 2 N–H and O–H groups in total. The van der Waals surface area contributed by atoms with E-state index in [0.717, 1.165) is 5.56 Å². The predicted molar refractivity (Wildman–Crippen MR) is 105 cm³/mol. The van der Waals surface area contributed by atoms with Crippen molar-refractivity contribution in [3.8, 4) is 0 Å². The molecule has 1 heterocycles. The second-order valence-electron chi connectivity index (χ2n) is 6.88. The maximum absolute atomic E-state index is 13.0. The van der Waals surface area contributed by atoms with E-state index in [-0.39, 0.29) is 24.4 Å². The van der Waals surface area contributed by atoms with Crippen LogP contribution in [0.1, 0.15) is 32.4 Å². The monoisotopic (exact) mass is 371 g/mol. The molecular formula is C20H22ClN3O2. The number of benzene rings is 2. The fraction of sp³-hybridized carbons (Fsp3) is 0.300. The van der Waals surface area contributed by atoms with E-state index in [9.17, 15) is 9.59 Å². The minimum Gasteiger partial charge on any atom is -0.322 e. The number of nitrogens with one attached hydrogen (secondary N) is 2. The van der Waals surface area contributed by atoms with E-state index >= 15 is 0 Å². The van der Waals surface area contributed by atoms with Gasteiger partial charge in [0.15, 0.2) is 0 Å². The zero-order valence-corrected chi connectivity index (χ0v) is 15.8. The molecular weight excluding hydrogens is 350 g/mol. The number of carbonyl (C=O) groups excluding carboxylic acids is 2. The van der Waals surface area contributed by atoms with Crippen LogP contribution >= 0.6 is 11.6 Å². The average Bonchev–Trinajstić information content (AvgIpc) is 2.60. The Morgan fingerprint density at radius 1 is 1.19 bits per heavy atom. The van der Waals surface area contributed by atoms with Crippen LogP contribution in [0.5, 0.6) is 0 Å². The van der Waals surface area contributed by atoms with Crippen LogP contribution in [0.3, 0.4) is 0 Å². The standard InChI is InChI=1S/C20H22ClN3O2/c1-13(14-8-4-5-9-15(14)21)22-12-18(25)24-17-11-7-6-10-16(17)23-19(26)20(24,2)3/h4-11,13,22H,12H2,1-3H3,(H,23,26)/t13-/m1/s1. The zero-order chi connectivity index (χ0) is 18.9. The molecule has 6 heteroatoms. The van der Waals surface area contributed by atoms with Crippen LogP contribution in [0, 0.1) is 0 Å². The number of nitrogens with zero attached hydrogens (tertiary/aromatic N) is 1. The summed E-state index contributed by atoms with van der Waals surface area (Å²) in [6.07, 6.45) is 0. The van der Waals surface area contributed by atoms with E-state index in [1.54, 1.807) is 24.8 Å². The van der Waals surface area contributed by atoms with Gasteiger partial charge in [-0.3, -0.25) is 14.5 Å². The topological polar surface area (TPSA) is 61.4 Å². The average molecular weight is 372 g/mol. The van der Waals surface area contributed by atoms with E-state index in [0.29, 0.717) is 16.4 Å². The van der Waals surface area contributed by atoms with Crippen LogP contribution in [-0.4, -0.2) is 23.9 Å². The van der Waals surface area contributed by atoms with Crippen molar-refractivity contribution in [2.75, 3.05) is 16.8 Å². The summed E-state index contributed by atoms with van der Waals surface area (Å²) < 4.78 is 0. The molecule has 2 aromatic carbocycles. The van der Waals surface area contributed by atoms with E-state index in [4.69, 9.17) is 11.6 Å². The number of para-hydroxylation sites is 2. The maximum Gasteiger partial charge on any atom is 0.250 e. The molecule has 136 valence electrons. The summed E-state index contributed by atoms with van der Waals surface area (Å²) in [6, 6.07) is 14.8. The van der Waals surface area contributed by atoms with Gasteiger partial charge in [0, 0.05) is 11.1 Å². The van der Waals surface area contributed by atoms with E-state index in [1.165, 1.54) is 0 Å². The number of anilines is 2. The van der Waals surface area contributed by atoms with Crippen LogP contribution in [0.2, 0.25) is 5.02 Å². The normalized spacial score (nSPS) is 16.6. The second-order valence-corrected chi connectivity index (χ2v) is 7.29. The molecule has 5 nitrogen and oxygen atoms in total. The van der Waals surface area contributed by atoms with Gasteiger partial charge in [0.25, 0.3) is 0 Å². The molecule has 0 bridgehead atoms. The molecule has 0 saturated carbocycles. The largest absolute Gasteiger partial charge is 0.322 e. The molecule has 0 spiro atoms. The first-order valence-electron chi connectivity index (χ1n) is 8.53. The van der Waals surface area contributed by atoms with Gasteiger partial charge in [0.05, 0.1) is 17.9 Å². The first kappa shape index (κ1) is 18.4. The van der Waals surface area contributed by atoms with Crippen molar-refractivity contribution >= 4 is 34.8 Å².